The molecule has 0 aromatic heterocycles. The summed E-state index contributed by atoms with van der Waals surface area (Å²) in [6.07, 6.45) is 0. The fourth-order valence-corrected chi connectivity index (χ4v) is 2.35. The molecule has 0 fully saturated rings. The predicted octanol–water partition coefficient (Wildman–Crippen LogP) is 4.03. The molecule has 0 radical (unpaired) electrons. The van der Waals surface area contributed by atoms with Crippen molar-refractivity contribution in [2.75, 3.05) is 31.8 Å². The van der Waals surface area contributed by atoms with Crippen molar-refractivity contribution < 1.29 is 18.6 Å². The number of ether oxygens (including phenoxy) is 3. The highest BCUT2D eigenvalue weighted by atomic mass is 32.2. The SMILES string of the molecule is COc1ccc(OCCSCCOc2ccc(F)cc2)cc1. The molecule has 2 aromatic rings. The second kappa shape index (κ2) is 9.20. The third kappa shape index (κ3) is 5.85. The molecule has 0 spiro atoms. The lowest BCUT2D eigenvalue weighted by molar-refractivity contribution is 0.338. The van der Waals surface area contributed by atoms with E-state index in [9.17, 15) is 4.39 Å². The fourth-order valence-electron chi connectivity index (χ4n) is 1.74. The summed E-state index contributed by atoms with van der Waals surface area (Å²) in [5, 5.41) is 0. The van der Waals surface area contributed by atoms with Gasteiger partial charge in [0.15, 0.2) is 0 Å². The van der Waals surface area contributed by atoms with Crippen LogP contribution in [0.25, 0.3) is 0 Å². The first kappa shape index (κ1) is 16.5. The van der Waals surface area contributed by atoms with Gasteiger partial charge in [-0.2, -0.15) is 11.8 Å². The van der Waals surface area contributed by atoms with E-state index in [1.807, 2.05) is 24.3 Å². The molecule has 0 bridgehead atoms. The lowest BCUT2D eigenvalue weighted by Crippen LogP contribution is -2.04. The smallest absolute Gasteiger partial charge is 0.123 e. The summed E-state index contributed by atoms with van der Waals surface area (Å²) in [6, 6.07) is 13.6. The Morgan fingerprint density at radius 1 is 0.773 bits per heavy atom. The molecule has 2 aromatic carbocycles. The molecule has 0 atom stereocenters. The summed E-state index contributed by atoms with van der Waals surface area (Å²) in [5.41, 5.74) is 0. The second-order valence-corrected chi connectivity index (χ2v) is 5.66. The summed E-state index contributed by atoms with van der Waals surface area (Å²) in [7, 11) is 1.64. The molecule has 3 nitrogen and oxygen atoms in total. The first-order valence-corrected chi connectivity index (χ1v) is 8.16. The fraction of sp³-hybridized carbons (Fsp3) is 0.294. The molecule has 0 saturated carbocycles. The normalized spacial score (nSPS) is 10.3. The van der Waals surface area contributed by atoms with Gasteiger partial charge in [0.2, 0.25) is 0 Å². The van der Waals surface area contributed by atoms with Crippen LogP contribution in [-0.4, -0.2) is 31.8 Å². The molecule has 0 aliphatic carbocycles. The highest BCUT2D eigenvalue weighted by molar-refractivity contribution is 7.99. The Kier molecular flexibility index (Phi) is 6.90. The Morgan fingerprint density at radius 2 is 1.23 bits per heavy atom. The van der Waals surface area contributed by atoms with Gasteiger partial charge in [-0.15, -0.1) is 0 Å². The minimum Gasteiger partial charge on any atom is -0.497 e. The zero-order valence-electron chi connectivity index (χ0n) is 12.5. The summed E-state index contributed by atoms with van der Waals surface area (Å²) in [4.78, 5) is 0. The lowest BCUT2D eigenvalue weighted by atomic mass is 10.3. The third-order valence-corrected chi connectivity index (χ3v) is 3.78. The van der Waals surface area contributed by atoms with Crippen LogP contribution in [0.1, 0.15) is 0 Å². The van der Waals surface area contributed by atoms with Crippen LogP contribution in [0.3, 0.4) is 0 Å². The number of hydrogen-bond donors (Lipinski definition) is 0. The quantitative estimate of drug-likeness (QED) is 0.652. The summed E-state index contributed by atoms with van der Waals surface area (Å²) in [5.74, 6) is 3.85. The van der Waals surface area contributed by atoms with Gasteiger partial charge >= 0.3 is 0 Å². The summed E-state index contributed by atoms with van der Waals surface area (Å²) < 4.78 is 28.9. The molecule has 0 aliphatic heterocycles. The van der Waals surface area contributed by atoms with Crippen LogP contribution in [0.5, 0.6) is 17.2 Å². The van der Waals surface area contributed by atoms with Gasteiger partial charge in [0.1, 0.15) is 23.1 Å². The van der Waals surface area contributed by atoms with E-state index in [1.165, 1.54) is 12.1 Å². The average Bonchev–Trinajstić information content (AvgIpc) is 2.56. The highest BCUT2D eigenvalue weighted by Gasteiger charge is 1.97. The van der Waals surface area contributed by atoms with Crippen LogP contribution in [0, 0.1) is 5.82 Å². The lowest BCUT2D eigenvalue weighted by Gasteiger charge is -2.08. The second-order valence-electron chi connectivity index (χ2n) is 4.44. The van der Waals surface area contributed by atoms with E-state index in [4.69, 9.17) is 14.2 Å². The number of rotatable bonds is 9. The summed E-state index contributed by atoms with van der Waals surface area (Å²) >= 11 is 1.75. The Balaban J connectivity index is 1.52. The van der Waals surface area contributed by atoms with Gasteiger partial charge in [0.25, 0.3) is 0 Å². The Hall–Kier alpha value is -1.88. The standard InChI is InChI=1S/C17H19FO3S/c1-19-15-6-8-17(9-7-15)21-11-13-22-12-10-20-16-4-2-14(18)3-5-16/h2-9H,10-13H2,1H3. The van der Waals surface area contributed by atoms with E-state index in [0.717, 1.165) is 23.0 Å². The minimum absolute atomic E-state index is 0.252. The maximum atomic E-state index is 12.7. The first-order valence-electron chi connectivity index (χ1n) is 7.01. The summed E-state index contributed by atoms with van der Waals surface area (Å²) in [6.45, 7) is 1.24. The number of halogens is 1. The molecular weight excluding hydrogens is 303 g/mol. The van der Waals surface area contributed by atoms with Gasteiger partial charge in [0.05, 0.1) is 20.3 Å². The largest absolute Gasteiger partial charge is 0.497 e. The highest BCUT2D eigenvalue weighted by Crippen LogP contribution is 2.17. The molecule has 0 aliphatic rings. The molecular formula is C17H19FO3S. The molecule has 0 N–H and O–H groups in total. The van der Waals surface area contributed by atoms with Crippen LogP contribution >= 0.6 is 11.8 Å². The maximum Gasteiger partial charge on any atom is 0.123 e. The zero-order valence-corrected chi connectivity index (χ0v) is 13.3. The molecule has 22 heavy (non-hydrogen) atoms. The molecule has 0 saturated heterocycles. The van der Waals surface area contributed by atoms with Gasteiger partial charge < -0.3 is 14.2 Å². The molecule has 5 heteroatoms. The van der Waals surface area contributed by atoms with E-state index in [-0.39, 0.29) is 5.82 Å². The Bertz CT molecular complexity index is 543. The zero-order chi connectivity index (χ0) is 15.6. The van der Waals surface area contributed by atoms with Crippen molar-refractivity contribution in [1.29, 1.82) is 0 Å². The van der Waals surface area contributed by atoms with E-state index >= 15 is 0 Å². The van der Waals surface area contributed by atoms with Crippen LogP contribution in [0.4, 0.5) is 4.39 Å². The first-order chi connectivity index (χ1) is 10.8. The van der Waals surface area contributed by atoms with Crippen LogP contribution < -0.4 is 14.2 Å². The maximum absolute atomic E-state index is 12.7. The number of hydrogen-bond acceptors (Lipinski definition) is 4. The van der Waals surface area contributed by atoms with E-state index in [0.29, 0.717) is 19.0 Å². The van der Waals surface area contributed by atoms with Crippen LogP contribution in [-0.2, 0) is 0 Å². The van der Waals surface area contributed by atoms with Gasteiger partial charge in [-0.25, -0.2) is 4.39 Å². The molecule has 0 amide bonds. The van der Waals surface area contributed by atoms with Crippen molar-refractivity contribution in [2.45, 2.75) is 0 Å². The molecule has 2 rings (SSSR count). The van der Waals surface area contributed by atoms with Crippen molar-refractivity contribution >= 4 is 11.8 Å². The van der Waals surface area contributed by atoms with E-state index in [1.54, 1.807) is 31.0 Å². The predicted molar refractivity (Wildman–Crippen MR) is 87.7 cm³/mol. The van der Waals surface area contributed by atoms with Crippen molar-refractivity contribution in [2.24, 2.45) is 0 Å². The van der Waals surface area contributed by atoms with Gasteiger partial charge in [-0.3, -0.25) is 0 Å². The number of thioether (sulfide) groups is 1. The van der Waals surface area contributed by atoms with Crippen LogP contribution in [0.2, 0.25) is 0 Å². The monoisotopic (exact) mass is 322 g/mol. The van der Waals surface area contributed by atoms with Crippen LogP contribution in [0.15, 0.2) is 48.5 Å². The molecule has 0 heterocycles. The average molecular weight is 322 g/mol. The number of benzene rings is 2. The molecule has 118 valence electrons. The molecule has 0 unspecified atom stereocenters. The van der Waals surface area contributed by atoms with Crippen molar-refractivity contribution in [3.8, 4) is 17.2 Å². The third-order valence-electron chi connectivity index (χ3n) is 2.87. The Morgan fingerprint density at radius 3 is 1.73 bits per heavy atom. The Labute approximate surface area is 134 Å². The van der Waals surface area contributed by atoms with E-state index < -0.39 is 0 Å². The van der Waals surface area contributed by atoms with Crippen molar-refractivity contribution in [1.82, 2.24) is 0 Å². The van der Waals surface area contributed by atoms with Gasteiger partial charge in [0, 0.05) is 11.5 Å². The van der Waals surface area contributed by atoms with Gasteiger partial charge in [-0.1, -0.05) is 0 Å². The van der Waals surface area contributed by atoms with Crippen molar-refractivity contribution in [3.63, 3.8) is 0 Å². The number of methoxy groups -OCH3 is 1. The van der Waals surface area contributed by atoms with Crippen molar-refractivity contribution in [3.05, 3.63) is 54.3 Å². The minimum atomic E-state index is -0.252. The van der Waals surface area contributed by atoms with Gasteiger partial charge in [-0.05, 0) is 48.5 Å². The topological polar surface area (TPSA) is 27.7 Å². The van der Waals surface area contributed by atoms with E-state index in [2.05, 4.69) is 0 Å².